The first-order valence-electron chi connectivity index (χ1n) is 7.53. The molecule has 0 saturated carbocycles. The molecule has 0 spiro atoms. The van der Waals surface area contributed by atoms with Crippen molar-refractivity contribution in [2.24, 2.45) is 5.92 Å². The van der Waals surface area contributed by atoms with Crippen molar-refractivity contribution in [3.63, 3.8) is 0 Å². The standard InChI is InChI=1S/C17H24N2O2/c1-3-11-21-16-6-4-5-15(12-16)18-17(20)13-19-9-7-14(2)8-10-19/h3-6,12,14H,1,7-11,13H2,2H3,(H,18,20). The van der Waals surface area contributed by atoms with E-state index in [9.17, 15) is 4.79 Å². The first-order chi connectivity index (χ1) is 10.2. The molecule has 1 heterocycles. The summed E-state index contributed by atoms with van der Waals surface area (Å²) in [6, 6.07) is 7.44. The fourth-order valence-electron chi connectivity index (χ4n) is 2.44. The zero-order chi connectivity index (χ0) is 15.1. The lowest BCUT2D eigenvalue weighted by Gasteiger charge is -2.29. The number of carbonyl (C=O) groups is 1. The van der Waals surface area contributed by atoms with E-state index in [4.69, 9.17) is 4.74 Å². The summed E-state index contributed by atoms with van der Waals surface area (Å²) in [6.07, 6.45) is 4.05. The predicted molar refractivity (Wildman–Crippen MR) is 85.6 cm³/mol. The van der Waals surface area contributed by atoms with Crippen LogP contribution >= 0.6 is 0 Å². The molecule has 4 nitrogen and oxygen atoms in total. The quantitative estimate of drug-likeness (QED) is 0.818. The SMILES string of the molecule is C=CCOc1cccc(NC(=O)CN2CCC(C)CC2)c1. The van der Waals surface area contributed by atoms with E-state index < -0.39 is 0 Å². The highest BCUT2D eigenvalue weighted by Gasteiger charge is 2.17. The number of rotatable bonds is 6. The summed E-state index contributed by atoms with van der Waals surface area (Å²) in [7, 11) is 0. The van der Waals surface area contributed by atoms with Crippen molar-refractivity contribution in [2.75, 3.05) is 31.6 Å². The van der Waals surface area contributed by atoms with Crippen LogP contribution in [-0.4, -0.2) is 37.0 Å². The molecule has 0 bridgehead atoms. The normalized spacial score (nSPS) is 16.4. The lowest BCUT2D eigenvalue weighted by Crippen LogP contribution is -2.38. The molecule has 1 aliphatic heterocycles. The van der Waals surface area contributed by atoms with E-state index in [-0.39, 0.29) is 5.91 Å². The molecule has 0 atom stereocenters. The van der Waals surface area contributed by atoms with E-state index in [1.54, 1.807) is 6.08 Å². The lowest BCUT2D eigenvalue weighted by atomic mass is 9.99. The number of nitrogens with one attached hydrogen (secondary N) is 1. The van der Waals surface area contributed by atoms with Crippen molar-refractivity contribution in [1.82, 2.24) is 4.90 Å². The minimum absolute atomic E-state index is 0.0328. The third kappa shape index (κ3) is 5.23. The maximum atomic E-state index is 12.1. The van der Waals surface area contributed by atoms with Gasteiger partial charge in [0.15, 0.2) is 0 Å². The van der Waals surface area contributed by atoms with Gasteiger partial charge in [0.25, 0.3) is 0 Å². The van der Waals surface area contributed by atoms with Crippen molar-refractivity contribution in [3.05, 3.63) is 36.9 Å². The maximum Gasteiger partial charge on any atom is 0.238 e. The van der Waals surface area contributed by atoms with Crippen LogP contribution in [0.2, 0.25) is 0 Å². The zero-order valence-corrected chi connectivity index (χ0v) is 12.7. The number of hydrogen-bond acceptors (Lipinski definition) is 3. The molecule has 0 aromatic heterocycles. The molecule has 21 heavy (non-hydrogen) atoms. The fraction of sp³-hybridized carbons (Fsp3) is 0.471. The van der Waals surface area contributed by atoms with E-state index in [1.807, 2.05) is 24.3 Å². The summed E-state index contributed by atoms with van der Waals surface area (Å²) in [5.74, 6) is 1.55. The number of anilines is 1. The molecule has 0 unspecified atom stereocenters. The van der Waals surface area contributed by atoms with Crippen LogP contribution in [0.15, 0.2) is 36.9 Å². The summed E-state index contributed by atoms with van der Waals surface area (Å²) in [6.45, 7) is 8.83. The van der Waals surface area contributed by atoms with Crippen LogP contribution in [0.4, 0.5) is 5.69 Å². The average molecular weight is 288 g/mol. The van der Waals surface area contributed by atoms with Gasteiger partial charge in [-0.05, 0) is 44.0 Å². The van der Waals surface area contributed by atoms with Gasteiger partial charge in [-0.25, -0.2) is 0 Å². The molecule has 1 aromatic rings. The van der Waals surface area contributed by atoms with Gasteiger partial charge in [0.05, 0.1) is 6.54 Å². The van der Waals surface area contributed by atoms with Gasteiger partial charge in [-0.1, -0.05) is 25.6 Å². The van der Waals surface area contributed by atoms with Crippen LogP contribution in [0.5, 0.6) is 5.75 Å². The van der Waals surface area contributed by atoms with Gasteiger partial charge in [-0.2, -0.15) is 0 Å². The minimum Gasteiger partial charge on any atom is -0.489 e. The number of carbonyl (C=O) groups excluding carboxylic acids is 1. The van der Waals surface area contributed by atoms with E-state index in [1.165, 1.54) is 12.8 Å². The molecule has 1 fully saturated rings. The Morgan fingerprint density at radius 1 is 1.48 bits per heavy atom. The molecule has 4 heteroatoms. The van der Waals surface area contributed by atoms with Crippen molar-refractivity contribution in [2.45, 2.75) is 19.8 Å². The molecule has 114 valence electrons. The summed E-state index contributed by atoms with van der Waals surface area (Å²) in [5, 5.41) is 2.93. The van der Waals surface area contributed by atoms with Crippen LogP contribution in [0, 0.1) is 5.92 Å². The highest BCUT2D eigenvalue weighted by molar-refractivity contribution is 5.92. The second-order valence-corrected chi connectivity index (χ2v) is 5.63. The van der Waals surface area contributed by atoms with Crippen molar-refractivity contribution >= 4 is 11.6 Å². The Kier molecular flexibility index (Phi) is 5.81. The van der Waals surface area contributed by atoms with Crippen LogP contribution in [0.1, 0.15) is 19.8 Å². The maximum absolute atomic E-state index is 12.1. The third-order valence-electron chi connectivity index (χ3n) is 3.73. The molecule has 1 aromatic carbocycles. The summed E-state index contributed by atoms with van der Waals surface area (Å²) >= 11 is 0. The van der Waals surface area contributed by atoms with Gasteiger partial charge in [0.1, 0.15) is 12.4 Å². The van der Waals surface area contributed by atoms with Crippen LogP contribution in [0.3, 0.4) is 0 Å². The lowest BCUT2D eigenvalue weighted by molar-refractivity contribution is -0.117. The van der Waals surface area contributed by atoms with Crippen LogP contribution in [0.25, 0.3) is 0 Å². The molecule has 1 aliphatic rings. The van der Waals surface area contributed by atoms with Gasteiger partial charge in [0.2, 0.25) is 5.91 Å². The Morgan fingerprint density at radius 3 is 2.95 bits per heavy atom. The molecule has 0 aliphatic carbocycles. The summed E-state index contributed by atoms with van der Waals surface area (Å²) in [4.78, 5) is 14.3. The number of nitrogens with zero attached hydrogens (tertiary/aromatic N) is 1. The molecule has 1 N–H and O–H groups in total. The number of amides is 1. The molecule has 0 radical (unpaired) electrons. The second kappa shape index (κ2) is 7.84. The van der Waals surface area contributed by atoms with Gasteiger partial charge in [-0.15, -0.1) is 0 Å². The van der Waals surface area contributed by atoms with E-state index in [0.29, 0.717) is 13.2 Å². The molecule has 1 saturated heterocycles. The monoisotopic (exact) mass is 288 g/mol. The van der Waals surface area contributed by atoms with Crippen molar-refractivity contribution < 1.29 is 9.53 Å². The first kappa shape index (κ1) is 15.6. The number of benzene rings is 1. The molecule has 2 rings (SSSR count). The number of hydrogen-bond donors (Lipinski definition) is 1. The zero-order valence-electron chi connectivity index (χ0n) is 12.7. The number of piperidine rings is 1. The highest BCUT2D eigenvalue weighted by Crippen LogP contribution is 2.18. The van der Waals surface area contributed by atoms with E-state index >= 15 is 0 Å². The Bertz CT molecular complexity index is 479. The average Bonchev–Trinajstić information content (AvgIpc) is 2.48. The van der Waals surface area contributed by atoms with Gasteiger partial charge in [-0.3, -0.25) is 9.69 Å². The largest absolute Gasteiger partial charge is 0.489 e. The molecule has 1 amide bonds. The Hall–Kier alpha value is -1.81. The molecular formula is C17H24N2O2. The van der Waals surface area contributed by atoms with E-state index in [2.05, 4.69) is 23.7 Å². The highest BCUT2D eigenvalue weighted by atomic mass is 16.5. The topological polar surface area (TPSA) is 41.6 Å². The fourth-order valence-corrected chi connectivity index (χ4v) is 2.44. The number of likely N-dealkylation sites (tertiary alicyclic amines) is 1. The first-order valence-corrected chi connectivity index (χ1v) is 7.53. The van der Waals surface area contributed by atoms with Crippen LogP contribution < -0.4 is 10.1 Å². The number of ether oxygens (including phenoxy) is 1. The van der Waals surface area contributed by atoms with E-state index in [0.717, 1.165) is 30.4 Å². The van der Waals surface area contributed by atoms with Gasteiger partial charge >= 0.3 is 0 Å². The third-order valence-corrected chi connectivity index (χ3v) is 3.73. The Labute approximate surface area is 126 Å². The minimum atomic E-state index is 0.0328. The second-order valence-electron chi connectivity index (χ2n) is 5.63. The predicted octanol–water partition coefficient (Wildman–Crippen LogP) is 2.92. The Morgan fingerprint density at radius 2 is 2.24 bits per heavy atom. The van der Waals surface area contributed by atoms with Crippen LogP contribution in [-0.2, 0) is 4.79 Å². The summed E-state index contributed by atoms with van der Waals surface area (Å²) < 4.78 is 5.46. The van der Waals surface area contributed by atoms with Gasteiger partial charge in [0, 0.05) is 11.8 Å². The molecular weight excluding hydrogens is 264 g/mol. The smallest absolute Gasteiger partial charge is 0.238 e. The van der Waals surface area contributed by atoms with Gasteiger partial charge < -0.3 is 10.1 Å². The van der Waals surface area contributed by atoms with Crippen molar-refractivity contribution in [1.29, 1.82) is 0 Å². The summed E-state index contributed by atoms with van der Waals surface area (Å²) in [5.41, 5.74) is 0.770. The van der Waals surface area contributed by atoms with Crippen molar-refractivity contribution in [3.8, 4) is 5.75 Å². The Balaban J connectivity index is 1.83.